The summed E-state index contributed by atoms with van der Waals surface area (Å²) < 4.78 is 11.0. The molecule has 1 unspecified atom stereocenters. The quantitative estimate of drug-likeness (QED) is 0.496. The Labute approximate surface area is 77.9 Å². The van der Waals surface area contributed by atoms with Crippen LogP contribution in [0.2, 0.25) is 0 Å². The number of hydrogen-bond donors (Lipinski definition) is 3. The van der Waals surface area contributed by atoms with Crippen molar-refractivity contribution < 1.29 is 18.9 Å². The van der Waals surface area contributed by atoms with Gasteiger partial charge in [0.25, 0.3) is 0 Å². The second-order valence-corrected chi connectivity index (χ2v) is 3.93. The number of nitrogens with one attached hydrogen (secondary N) is 1. The van der Waals surface area contributed by atoms with Crippen molar-refractivity contribution in [1.29, 1.82) is 0 Å². The van der Waals surface area contributed by atoms with E-state index in [1.807, 2.05) is 0 Å². The first kappa shape index (κ1) is 12.0. The van der Waals surface area contributed by atoms with Gasteiger partial charge >= 0.3 is 5.97 Å². The van der Waals surface area contributed by atoms with Crippen LogP contribution in [-0.2, 0) is 20.4 Å². The molecular weight excluding hydrogens is 196 g/mol. The van der Waals surface area contributed by atoms with Crippen LogP contribution in [0.4, 0.5) is 0 Å². The Morgan fingerprint density at radius 2 is 2.15 bits per heavy atom. The van der Waals surface area contributed by atoms with Gasteiger partial charge in [0.15, 0.2) is 0 Å². The molecule has 0 aliphatic rings. The highest BCUT2D eigenvalue weighted by atomic mass is 32.2. The molecule has 0 aromatic heterocycles. The van der Waals surface area contributed by atoms with Gasteiger partial charge in [-0.05, 0) is 0 Å². The van der Waals surface area contributed by atoms with Gasteiger partial charge in [-0.1, -0.05) is 0 Å². The lowest BCUT2D eigenvalue weighted by Crippen LogP contribution is -2.38. The third-order valence-electron chi connectivity index (χ3n) is 1.16. The Balaban J connectivity index is 3.74. The molecule has 13 heavy (non-hydrogen) atoms. The van der Waals surface area contributed by atoms with Crippen LogP contribution in [-0.4, -0.2) is 38.9 Å². The van der Waals surface area contributed by atoms with Crippen LogP contribution in [0.15, 0.2) is 0 Å². The van der Waals surface area contributed by atoms with E-state index in [1.165, 1.54) is 6.92 Å². The van der Waals surface area contributed by atoms with Crippen LogP contribution >= 0.6 is 0 Å². The van der Waals surface area contributed by atoms with E-state index in [9.17, 15) is 13.8 Å². The summed E-state index contributed by atoms with van der Waals surface area (Å²) in [6, 6.07) is -1.14. The topological polar surface area (TPSA) is 109 Å². The van der Waals surface area contributed by atoms with Crippen molar-refractivity contribution in [3.63, 3.8) is 0 Å². The van der Waals surface area contributed by atoms with Crippen LogP contribution in [0, 0.1) is 0 Å². The normalized spacial score (nSPS) is 14.6. The fraction of sp³-hybridized carbons (Fsp3) is 0.667. The van der Waals surface area contributed by atoms with Gasteiger partial charge in [0.05, 0.1) is 11.6 Å². The molecule has 2 atom stereocenters. The molecule has 0 saturated carbocycles. The van der Waals surface area contributed by atoms with Crippen LogP contribution in [0.3, 0.4) is 0 Å². The fourth-order valence-corrected chi connectivity index (χ4v) is 1.54. The van der Waals surface area contributed by atoms with Crippen molar-refractivity contribution in [1.82, 2.24) is 5.32 Å². The van der Waals surface area contributed by atoms with E-state index in [1.54, 1.807) is 0 Å². The summed E-state index contributed by atoms with van der Waals surface area (Å²) in [5.41, 5.74) is 5.12. The third-order valence-corrected chi connectivity index (χ3v) is 2.36. The number of amides is 1. The summed E-state index contributed by atoms with van der Waals surface area (Å²) in [5.74, 6) is -1.72. The molecule has 7 heteroatoms. The van der Waals surface area contributed by atoms with Gasteiger partial charge in [0, 0.05) is 17.7 Å². The molecule has 0 bridgehead atoms. The highest BCUT2D eigenvalue weighted by molar-refractivity contribution is 7.85. The largest absolute Gasteiger partial charge is 0.480 e. The predicted octanol–water partition coefficient (Wildman–Crippen LogP) is -1.76. The van der Waals surface area contributed by atoms with Gasteiger partial charge < -0.3 is 16.2 Å². The van der Waals surface area contributed by atoms with E-state index in [4.69, 9.17) is 10.8 Å². The molecule has 4 N–H and O–H groups in total. The Hall–Kier alpha value is -0.950. The van der Waals surface area contributed by atoms with Gasteiger partial charge in [-0.3, -0.25) is 13.8 Å². The van der Waals surface area contributed by atoms with Crippen LogP contribution in [0.1, 0.15) is 6.92 Å². The number of carbonyl (C=O) groups excluding carboxylic acids is 1. The van der Waals surface area contributed by atoms with E-state index in [0.29, 0.717) is 0 Å². The Kier molecular flexibility index (Phi) is 5.24. The number of hydrogen-bond acceptors (Lipinski definition) is 4. The summed E-state index contributed by atoms with van der Waals surface area (Å²) >= 11 is 0. The molecule has 0 saturated heterocycles. The maximum atomic E-state index is 11.0. The fourth-order valence-electron chi connectivity index (χ4n) is 0.513. The molecule has 0 rings (SSSR count). The van der Waals surface area contributed by atoms with Crippen LogP contribution in [0.25, 0.3) is 0 Å². The first-order valence-corrected chi connectivity index (χ1v) is 5.00. The van der Waals surface area contributed by atoms with Crippen molar-refractivity contribution in [2.24, 2.45) is 5.73 Å². The zero-order chi connectivity index (χ0) is 10.4. The molecular formula is C6H12N2O4S. The second-order valence-electron chi connectivity index (χ2n) is 2.43. The predicted molar refractivity (Wildman–Crippen MR) is 47.3 cm³/mol. The van der Waals surface area contributed by atoms with Gasteiger partial charge in [0.1, 0.15) is 6.04 Å². The summed E-state index contributed by atoms with van der Waals surface area (Å²) in [6.45, 7) is 1.29. The molecule has 0 fully saturated rings. The van der Waals surface area contributed by atoms with E-state index in [-0.39, 0.29) is 17.5 Å². The molecule has 0 aliphatic heterocycles. The van der Waals surface area contributed by atoms with Crippen LogP contribution in [0.5, 0.6) is 0 Å². The summed E-state index contributed by atoms with van der Waals surface area (Å²) in [5, 5.41) is 10.7. The smallest absolute Gasteiger partial charge is 0.321 e. The summed E-state index contributed by atoms with van der Waals surface area (Å²) in [7, 11) is -1.43. The zero-order valence-corrected chi connectivity index (χ0v) is 7.97. The molecule has 0 aliphatic carbocycles. The minimum Gasteiger partial charge on any atom is -0.480 e. The number of aliphatic carboxylic acids is 1. The SMILES string of the molecule is CC(=O)NCS(=O)C[C@H](N)C(=O)O. The number of carboxylic acids is 1. The first-order valence-electron chi connectivity index (χ1n) is 3.51. The average molecular weight is 208 g/mol. The average Bonchev–Trinajstić information content (AvgIpc) is 2.00. The molecule has 6 nitrogen and oxygen atoms in total. The summed E-state index contributed by atoms with van der Waals surface area (Å²) in [4.78, 5) is 20.6. The van der Waals surface area contributed by atoms with Gasteiger partial charge in [-0.25, -0.2) is 0 Å². The van der Waals surface area contributed by atoms with Crippen molar-refractivity contribution in [3.8, 4) is 0 Å². The monoisotopic (exact) mass is 208 g/mol. The molecule has 0 radical (unpaired) electrons. The maximum Gasteiger partial charge on any atom is 0.321 e. The zero-order valence-electron chi connectivity index (χ0n) is 7.15. The Bertz CT molecular complexity index is 231. The lowest BCUT2D eigenvalue weighted by atomic mass is 10.4. The molecule has 0 spiro atoms. The van der Waals surface area contributed by atoms with Gasteiger partial charge in [-0.2, -0.15) is 0 Å². The molecule has 0 aromatic rings. The number of nitrogens with two attached hydrogens (primary N) is 1. The van der Waals surface area contributed by atoms with Crippen molar-refractivity contribution in [3.05, 3.63) is 0 Å². The first-order chi connectivity index (χ1) is 5.93. The molecule has 0 heterocycles. The van der Waals surface area contributed by atoms with E-state index in [0.717, 1.165) is 0 Å². The second kappa shape index (κ2) is 5.65. The number of carbonyl (C=O) groups is 2. The van der Waals surface area contributed by atoms with Gasteiger partial charge in [-0.15, -0.1) is 0 Å². The Morgan fingerprint density at radius 1 is 1.62 bits per heavy atom. The highest BCUT2D eigenvalue weighted by Crippen LogP contribution is 1.86. The minimum atomic E-state index is -1.43. The van der Waals surface area contributed by atoms with E-state index >= 15 is 0 Å². The minimum absolute atomic E-state index is 0.0592. The standard InChI is InChI=1S/C6H12N2O4S/c1-4(9)8-3-13(12)2-5(7)6(10)11/h5H,2-3,7H2,1H3,(H,8,9)(H,10,11)/t5-,13?/m0/s1. The lowest BCUT2D eigenvalue weighted by Gasteiger charge is -2.06. The molecule has 76 valence electrons. The van der Waals surface area contributed by atoms with Crippen molar-refractivity contribution in [2.75, 3.05) is 11.6 Å². The maximum absolute atomic E-state index is 11.0. The Morgan fingerprint density at radius 3 is 2.54 bits per heavy atom. The van der Waals surface area contributed by atoms with Gasteiger partial charge in [0.2, 0.25) is 5.91 Å². The molecule has 1 amide bonds. The number of rotatable bonds is 5. The number of carboxylic acid groups (broad SMARTS) is 1. The summed E-state index contributed by atoms with van der Waals surface area (Å²) in [6.07, 6.45) is 0. The highest BCUT2D eigenvalue weighted by Gasteiger charge is 2.14. The van der Waals surface area contributed by atoms with E-state index in [2.05, 4.69) is 5.32 Å². The van der Waals surface area contributed by atoms with Crippen molar-refractivity contribution >= 4 is 22.7 Å². The van der Waals surface area contributed by atoms with Crippen molar-refractivity contribution in [2.45, 2.75) is 13.0 Å². The van der Waals surface area contributed by atoms with E-state index < -0.39 is 22.8 Å². The third kappa shape index (κ3) is 6.23. The molecule has 0 aromatic carbocycles. The van der Waals surface area contributed by atoms with Crippen LogP contribution < -0.4 is 11.1 Å². The lowest BCUT2D eigenvalue weighted by molar-refractivity contribution is -0.137.